The minimum atomic E-state index is -1.13. The van der Waals surface area contributed by atoms with E-state index in [2.05, 4.69) is 10.4 Å². The standard InChI is InChI=1S/C15H18N4O3/c16-12(9-11-5-2-1-3-6-11)14(20)18-13(15(21)22)10-19-8-4-7-17-19/h1-8,12-13H,9-10,16H2,(H,18,20)(H,21,22)/t12-,13?/m0/s1. The molecule has 0 fully saturated rings. The summed E-state index contributed by atoms with van der Waals surface area (Å²) in [6.45, 7) is 0.0477. The highest BCUT2D eigenvalue weighted by Gasteiger charge is 2.24. The number of carboxylic acids is 1. The number of aromatic nitrogens is 2. The van der Waals surface area contributed by atoms with Crippen LogP contribution in [0.5, 0.6) is 0 Å². The third-order valence-electron chi connectivity index (χ3n) is 3.18. The minimum absolute atomic E-state index is 0.0477. The van der Waals surface area contributed by atoms with E-state index in [9.17, 15) is 14.7 Å². The first-order valence-electron chi connectivity index (χ1n) is 6.86. The van der Waals surface area contributed by atoms with E-state index in [1.54, 1.807) is 18.5 Å². The van der Waals surface area contributed by atoms with Gasteiger partial charge in [-0.2, -0.15) is 5.10 Å². The Morgan fingerprint density at radius 3 is 2.59 bits per heavy atom. The number of carboxylic acid groups (broad SMARTS) is 1. The van der Waals surface area contributed by atoms with Gasteiger partial charge in [-0.15, -0.1) is 0 Å². The number of nitrogens with two attached hydrogens (primary N) is 1. The number of nitrogens with zero attached hydrogens (tertiary/aromatic N) is 2. The highest BCUT2D eigenvalue weighted by molar-refractivity contribution is 5.86. The molecule has 4 N–H and O–H groups in total. The number of hydrogen-bond donors (Lipinski definition) is 3. The van der Waals surface area contributed by atoms with Crippen molar-refractivity contribution in [3.63, 3.8) is 0 Å². The molecule has 0 aliphatic rings. The Morgan fingerprint density at radius 2 is 2.00 bits per heavy atom. The van der Waals surface area contributed by atoms with Crippen molar-refractivity contribution in [3.8, 4) is 0 Å². The van der Waals surface area contributed by atoms with E-state index in [0.717, 1.165) is 5.56 Å². The second-order valence-corrected chi connectivity index (χ2v) is 4.92. The van der Waals surface area contributed by atoms with E-state index >= 15 is 0 Å². The molecule has 0 aliphatic heterocycles. The largest absolute Gasteiger partial charge is 0.480 e. The second kappa shape index (κ2) is 7.37. The lowest BCUT2D eigenvalue weighted by Crippen LogP contribution is -2.50. The van der Waals surface area contributed by atoms with Crippen LogP contribution in [0.15, 0.2) is 48.8 Å². The van der Waals surface area contributed by atoms with Crippen LogP contribution in [0, 0.1) is 0 Å². The number of rotatable bonds is 7. The van der Waals surface area contributed by atoms with Crippen molar-refractivity contribution in [2.75, 3.05) is 0 Å². The lowest BCUT2D eigenvalue weighted by atomic mass is 10.1. The molecular formula is C15H18N4O3. The van der Waals surface area contributed by atoms with E-state index in [0.29, 0.717) is 6.42 Å². The summed E-state index contributed by atoms with van der Waals surface area (Å²) in [4.78, 5) is 23.3. The van der Waals surface area contributed by atoms with Crippen LogP contribution in [-0.4, -0.2) is 38.8 Å². The molecule has 0 aliphatic carbocycles. The summed E-state index contributed by atoms with van der Waals surface area (Å²) in [5, 5.41) is 15.6. The maximum absolute atomic E-state index is 12.1. The molecule has 2 atom stereocenters. The summed E-state index contributed by atoms with van der Waals surface area (Å²) in [5.41, 5.74) is 6.76. The van der Waals surface area contributed by atoms with Crippen LogP contribution in [0.1, 0.15) is 5.56 Å². The lowest BCUT2D eigenvalue weighted by Gasteiger charge is -2.18. The van der Waals surface area contributed by atoms with Gasteiger partial charge in [0.1, 0.15) is 6.04 Å². The zero-order valence-corrected chi connectivity index (χ0v) is 11.9. The van der Waals surface area contributed by atoms with Crippen LogP contribution in [0.3, 0.4) is 0 Å². The van der Waals surface area contributed by atoms with Gasteiger partial charge in [-0.3, -0.25) is 9.48 Å². The quantitative estimate of drug-likeness (QED) is 0.668. The molecule has 0 bridgehead atoms. The molecule has 0 spiro atoms. The molecule has 1 amide bonds. The summed E-state index contributed by atoms with van der Waals surface area (Å²) >= 11 is 0. The second-order valence-electron chi connectivity index (χ2n) is 4.92. The summed E-state index contributed by atoms with van der Waals surface area (Å²) in [5.74, 6) is -1.63. The van der Waals surface area contributed by atoms with E-state index < -0.39 is 24.0 Å². The zero-order valence-electron chi connectivity index (χ0n) is 11.9. The van der Waals surface area contributed by atoms with Gasteiger partial charge in [0.2, 0.25) is 5.91 Å². The van der Waals surface area contributed by atoms with Gasteiger partial charge in [0.15, 0.2) is 0 Å². The zero-order chi connectivity index (χ0) is 15.9. The normalized spacial score (nSPS) is 13.3. The fourth-order valence-corrected chi connectivity index (χ4v) is 2.02. The molecule has 2 aromatic rings. The third kappa shape index (κ3) is 4.42. The number of nitrogens with one attached hydrogen (secondary N) is 1. The molecule has 0 saturated carbocycles. The van der Waals surface area contributed by atoms with Gasteiger partial charge < -0.3 is 16.2 Å². The third-order valence-corrected chi connectivity index (χ3v) is 3.18. The Bertz CT molecular complexity index is 613. The number of amides is 1. The van der Waals surface area contributed by atoms with Crippen molar-refractivity contribution in [1.82, 2.24) is 15.1 Å². The molecule has 1 unspecified atom stereocenters. The fraction of sp³-hybridized carbons (Fsp3) is 0.267. The average Bonchev–Trinajstić information content (AvgIpc) is 3.00. The average molecular weight is 302 g/mol. The van der Waals surface area contributed by atoms with E-state index in [-0.39, 0.29) is 6.54 Å². The first kappa shape index (κ1) is 15.7. The van der Waals surface area contributed by atoms with Gasteiger partial charge in [0, 0.05) is 12.4 Å². The van der Waals surface area contributed by atoms with Crippen LogP contribution >= 0.6 is 0 Å². The van der Waals surface area contributed by atoms with Gasteiger partial charge in [-0.25, -0.2) is 4.79 Å². The first-order valence-corrected chi connectivity index (χ1v) is 6.86. The van der Waals surface area contributed by atoms with Gasteiger partial charge in [0.25, 0.3) is 0 Å². The van der Waals surface area contributed by atoms with E-state index in [4.69, 9.17) is 5.73 Å². The van der Waals surface area contributed by atoms with Crippen molar-refractivity contribution < 1.29 is 14.7 Å². The number of aliphatic carboxylic acids is 1. The molecular weight excluding hydrogens is 284 g/mol. The van der Waals surface area contributed by atoms with Crippen molar-refractivity contribution >= 4 is 11.9 Å². The smallest absolute Gasteiger partial charge is 0.328 e. The number of carbonyl (C=O) groups is 2. The summed E-state index contributed by atoms with van der Waals surface area (Å²) in [7, 11) is 0. The first-order chi connectivity index (χ1) is 10.6. The molecule has 1 aromatic carbocycles. The molecule has 7 heteroatoms. The molecule has 22 heavy (non-hydrogen) atoms. The molecule has 1 heterocycles. The minimum Gasteiger partial charge on any atom is -0.480 e. The van der Waals surface area contributed by atoms with E-state index in [1.165, 1.54) is 4.68 Å². The Labute approximate surface area is 127 Å². The predicted molar refractivity (Wildman–Crippen MR) is 79.9 cm³/mol. The van der Waals surface area contributed by atoms with Crippen LogP contribution in [0.2, 0.25) is 0 Å². The van der Waals surface area contributed by atoms with Crippen LogP contribution in [0.25, 0.3) is 0 Å². The maximum Gasteiger partial charge on any atom is 0.328 e. The SMILES string of the molecule is N[C@@H](Cc1ccccc1)C(=O)NC(Cn1cccn1)C(=O)O. The topological polar surface area (TPSA) is 110 Å². The van der Waals surface area contributed by atoms with Gasteiger partial charge in [-0.05, 0) is 18.1 Å². The molecule has 7 nitrogen and oxygen atoms in total. The van der Waals surface area contributed by atoms with Crippen LogP contribution in [0.4, 0.5) is 0 Å². The Hall–Kier alpha value is -2.67. The van der Waals surface area contributed by atoms with Gasteiger partial charge in [0.05, 0.1) is 12.6 Å². The highest BCUT2D eigenvalue weighted by Crippen LogP contribution is 2.02. The summed E-state index contributed by atoms with van der Waals surface area (Å²) in [6.07, 6.45) is 3.52. The van der Waals surface area contributed by atoms with Crippen molar-refractivity contribution in [2.45, 2.75) is 25.0 Å². The molecule has 2 rings (SSSR count). The van der Waals surface area contributed by atoms with Gasteiger partial charge >= 0.3 is 5.97 Å². The fourth-order valence-electron chi connectivity index (χ4n) is 2.02. The van der Waals surface area contributed by atoms with Gasteiger partial charge in [-0.1, -0.05) is 30.3 Å². The van der Waals surface area contributed by atoms with Crippen LogP contribution < -0.4 is 11.1 Å². The number of benzene rings is 1. The predicted octanol–water partition coefficient (Wildman–Crippen LogP) is 0.0225. The number of carbonyl (C=O) groups excluding carboxylic acids is 1. The Morgan fingerprint density at radius 1 is 1.27 bits per heavy atom. The van der Waals surface area contributed by atoms with Crippen molar-refractivity contribution in [1.29, 1.82) is 0 Å². The Balaban J connectivity index is 1.94. The van der Waals surface area contributed by atoms with Crippen molar-refractivity contribution in [2.24, 2.45) is 5.73 Å². The number of hydrogen-bond acceptors (Lipinski definition) is 4. The highest BCUT2D eigenvalue weighted by atomic mass is 16.4. The molecule has 1 aromatic heterocycles. The monoisotopic (exact) mass is 302 g/mol. The molecule has 116 valence electrons. The molecule has 0 radical (unpaired) electrons. The van der Waals surface area contributed by atoms with E-state index in [1.807, 2.05) is 30.3 Å². The maximum atomic E-state index is 12.1. The summed E-state index contributed by atoms with van der Waals surface area (Å²) in [6, 6.07) is 9.13. The Kier molecular flexibility index (Phi) is 5.26. The van der Waals surface area contributed by atoms with Crippen molar-refractivity contribution in [3.05, 3.63) is 54.4 Å². The summed E-state index contributed by atoms with van der Waals surface area (Å²) < 4.78 is 1.45. The molecule has 0 saturated heterocycles. The van der Waals surface area contributed by atoms with Crippen LogP contribution in [-0.2, 0) is 22.6 Å². The lowest BCUT2D eigenvalue weighted by molar-refractivity contribution is -0.142.